The summed E-state index contributed by atoms with van der Waals surface area (Å²) in [6.45, 7) is 1.78. The first-order chi connectivity index (χ1) is 12.5. The van der Waals surface area contributed by atoms with Gasteiger partial charge in [-0.3, -0.25) is 9.36 Å². The Balaban J connectivity index is 1.85. The van der Waals surface area contributed by atoms with E-state index in [-0.39, 0.29) is 11.7 Å². The first-order valence-electron chi connectivity index (χ1n) is 8.01. The Labute approximate surface area is 155 Å². The monoisotopic (exact) mass is 371 g/mol. The van der Waals surface area contributed by atoms with E-state index in [2.05, 4.69) is 10.3 Å². The van der Waals surface area contributed by atoms with E-state index < -0.39 is 11.9 Å². The van der Waals surface area contributed by atoms with Gasteiger partial charge in [0.25, 0.3) is 5.91 Å². The van der Waals surface area contributed by atoms with Gasteiger partial charge in [-0.05, 0) is 49.0 Å². The lowest BCUT2D eigenvalue weighted by Crippen LogP contribution is -2.28. The molecule has 2 aromatic carbocycles. The van der Waals surface area contributed by atoms with Crippen LogP contribution in [-0.2, 0) is 0 Å². The van der Waals surface area contributed by atoms with Crippen LogP contribution in [0.25, 0.3) is 5.69 Å². The van der Waals surface area contributed by atoms with E-state index >= 15 is 0 Å². The van der Waals surface area contributed by atoms with Crippen molar-refractivity contribution in [3.8, 4) is 11.4 Å². The number of ether oxygens (including phenoxy) is 1. The zero-order valence-electron chi connectivity index (χ0n) is 14.3. The largest absolute Gasteiger partial charge is 0.494 e. The van der Waals surface area contributed by atoms with Gasteiger partial charge in [0.15, 0.2) is 16.3 Å². The maximum Gasteiger partial charge on any atom is 0.270 e. The maximum atomic E-state index is 13.9. The predicted molar refractivity (Wildman–Crippen MR) is 99.8 cm³/mol. The van der Waals surface area contributed by atoms with E-state index in [0.29, 0.717) is 16.0 Å². The third kappa shape index (κ3) is 3.52. The zero-order valence-corrected chi connectivity index (χ0v) is 15.1. The second-order valence-corrected chi connectivity index (χ2v) is 6.13. The van der Waals surface area contributed by atoms with E-state index in [1.165, 1.54) is 19.2 Å². The molecule has 0 saturated heterocycles. The fraction of sp³-hybridized carbons (Fsp3) is 0.158. The van der Waals surface area contributed by atoms with Crippen molar-refractivity contribution < 1.29 is 13.9 Å². The summed E-state index contributed by atoms with van der Waals surface area (Å²) in [7, 11) is 1.41. The highest BCUT2D eigenvalue weighted by Gasteiger charge is 2.18. The van der Waals surface area contributed by atoms with Crippen molar-refractivity contribution in [1.29, 1.82) is 0 Å². The van der Waals surface area contributed by atoms with Gasteiger partial charge in [-0.15, -0.1) is 0 Å². The van der Waals surface area contributed by atoms with Gasteiger partial charge in [-0.25, -0.2) is 4.39 Å². The summed E-state index contributed by atoms with van der Waals surface area (Å²) in [5.41, 5.74) is 1.80. The molecule has 1 unspecified atom stereocenters. The third-order valence-electron chi connectivity index (χ3n) is 4.05. The lowest BCUT2D eigenvalue weighted by Gasteiger charge is -2.16. The third-order valence-corrected chi connectivity index (χ3v) is 4.35. The van der Waals surface area contributed by atoms with Crippen LogP contribution in [0.5, 0.6) is 5.75 Å². The molecule has 0 aliphatic carbocycles. The molecule has 7 heteroatoms. The van der Waals surface area contributed by atoms with Crippen LogP contribution in [0, 0.1) is 10.6 Å². The molecule has 1 aromatic heterocycles. The van der Waals surface area contributed by atoms with Crippen LogP contribution in [0.15, 0.2) is 54.7 Å². The van der Waals surface area contributed by atoms with E-state index in [4.69, 9.17) is 17.0 Å². The van der Waals surface area contributed by atoms with E-state index in [1.807, 2.05) is 30.3 Å². The van der Waals surface area contributed by atoms with Crippen LogP contribution in [0.1, 0.15) is 29.0 Å². The number of hydrogen-bond acceptors (Lipinski definition) is 3. The van der Waals surface area contributed by atoms with Crippen molar-refractivity contribution in [3.05, 3.63) is 76.6 Å². The number of carbonyl (C=O) groups is 1. The van der Waals surface area contributed by atoms with Gasteiger partial charge in [0.2, 0.25) is 0 Å². The van der Waals surface area contributed by atoms with Crippen molar-refractivity contribution in [2.75, 3.05) is 7.11 Å². The maximum absolute atomic E-state index is 13.9. The van der Waals surface area contributed by atoms with Gasteiger partial charge in [-0.1, -0.05) is 24.3 Å². The normalized spacial score (nSPS) is 11.8. The molecule has 0 spiro atoms. The smallest absolute Gasteiger partial charge is 0.270 e. The number of aromatic amines is 1. The molecule has 0 radical (unpaired) electrons. The van der Waals surface area contributed by atoms with Crippen LogP contribution in [-0.4, -0.2) is 22.6 Å². The number of para-hydroxylation sites is 1. The number of carbonyl (C=O) groups excluding carboxylic acids is 1. The highest BCUT2D eigenvalue weighted by atomic mass is 32.1. The molecule has 0 saturated carbocycles. The molecule has 0 fully saturated rings. The number of nitrogens with zero attached hydrogens (tertiary/aromatic N) is 1. The first-order valence-corrected chi connectivity index (χ1v) is 8.42. The molecular weight excluding hydrogens is 353 g/mol. The predicted octanol–water partition coefficient (Wildman–Crippen LogP) is 4.17. The number of nitrogens with one attached hydrogen (secondary N) is 2. The number of H-pyrrole nitrogens is 1. The molecule has 3 aromatic rings. The molecule has 0 aliphatic heterocycles. The van der Waals surface area contributed by atoms with E-state index in [1.54, 1.807) is 23.8 Å². The summed E-state index contributed by atoms with van der Waals surface area (Å²) < 4.78 is 20.9. The summed E-state index contributed by atoms with van der Waals surface area (Å²) in [4.78, 5) is 15.6. The molecule has 2 N–H and O–H groups in total. The Morgan fingerprint density at radius 3 is 2.65 bits per heavy atom. The quantitative estimate of drug-likeness (QED) is 0.662. The number of hydrogen-bond donors (Lipinski definition) is 2. The van der Waals surface area contributed by atoms with Gasteiger partial charge in [-0.2, -0.15) is 0 Å². The average Bonchev–Trinajstić information content (AvgIpc) is 3.04. The van der Waals surface area contributed by atoms with Crippen molar-refractivity contribution in [2.24, 2.45) is 0 Å². The molecule has 26 heavy (non-hydrogen) atoms. The van der Waals surface area contributed by atoms with Crippen molar-refractivity contribution in [1.82, 2.24) is 14.9 Å². The van der Waals surface area contributed by atoms with Gasteiger partial charge in [0.1, 0.15) is 5.69 Å². The van der Waals surface area contributed by atoms with Crippen molar-refractivity contribution in [2.45, 2.75) is 13.0 Å². The number of imidazole rings is 1. The van der Waals surface area contributed by atoms with Crippen LogP contribution in [0.4, 0.5) is 4.39 Å². The Morgan fingerprint density at radius 2 is 2.00 bits per heavy atom. The number of halogens is 1. The van der Waals surface area contributed by atoms with E-state index in [9.17, 15) is 9.18 Å². The summed E-state index contributed by atoms with van der Waals surface area (Å²) in [6, 6.07) is 13.6. The minimum absolute atomic E-state index is 0.163. The van der Waals surface area contributed by atoms with Gasteiger partial charge < -0.3 is 15.0 Å². The van der Waals surface area contributed by atoms with Crippen molar-refractivity contribution >= 4 is 18.1 Å². The van der Waals surface area contributed by atoms with Crippen molar-refractivity contribution in [3.63, 3.8) is 0 Å². The summed E-state index contributed by atoms with van der Waals surface area (Å²) in [5.74, 6) is -0.625. The Bertz CT molecular complexity index is 982. The molecule has 1 heterocycles. The van der Waals surface area contributed by atoms with Gasteiger partial charge in [0, 0.05) is 11.9 Å². The standard InChI is InChI=1S/C19H18FN3O2S/c1-12(13-8-9-17(25-2)15(20)10-13)22-18(24)16-11-21-19(26)23(16)14-6-4-3-5-7-14/h3-12H,1-2H3,(H,21,26)(H,22,24). The number of benzene rings is 2. The number of methoxy groups -OCH3 is 1. The minimum atomic E-state index is -0.472. The van der Waals surface area contributed by atoms with Crippen LogP contribution < -0.4 is 10.1 Å². The SMILES string of the molecule is COc1ccc(C(C)NC(=O)c2c[nH]c(=S)n2-c2ccccc2)cc1F. The minimum Gasteiger partial charge on any atom is -0.494 e. The van der Waals surface area contributed by atoms with Gasteiger partial charge in [0.05, 0.1) is 13.2 Å². The summed E-state index contributed by atoms with van der Waals surface area (Å²) in [6.07, 6.45) is 1.56. The number of aromatic nitrogens is 2. The van der Waals surface area contributed by atoms with Crippen LogP contribution in [0.2, 0.25) is 0 Å². The fourth-order valence-corrected chi connectivity index (χ4v) is 2.94. The lowest BCUT2D eigenvalue weighted by molar-refractivity contribution is 0.0933. The zero-order chi connectivity index (χ0) is 18.7. The second-order valence-electron chi connectivity index (χ2n) is 5.74. The summed E-state index contributed by atoms with van der Waals surface area (Å²) >= 11 is 5.29. The molecule has 0 bridgehead atoms. The topological polar surface area (TPSA) is 59.0 Å². The van der Waals surface area contributed by atoms with E-state index in [0.717, 1.165) is 5.69 Å². The second kappa shape index (κ2) is 7.53. The van der Waals surface area contributed by atoms with Gasteiger partial charge >= 0.3 is 0 Å². The molecule has 0 aliphatic rings. The number of rotatable bonds is 5. The molecule has 3 rings (SSSR count). The highest BCUT2D eigenvalue weighted by Crippen LogP contribution is 2.22. The molecule has 5 nitrogen and oxygen atoms in total. The highest BCUT2D eigenvalue weighted by molar-refractivity contribution is 7.71. The molecule has 1 atom stereocenters. The Hall–Kier alpha value is -2.93. The lowest BCUT2D eigenvalue weighted by atomic mass is 10.1. The average molecular weight is 371 g/mol. The molecule has 1 amide bonds. The fourth-order valence-electron chi connectivity index (χ4n) is 2.67. The van der Waals surface area contributed by atoms with Crippen LogP contribution >= 0.6 is 12.2 Å². The Kier molecular flexibility index (Phi) is 5.18. The number of amides is 1. The summed E-state index contributed by atoms with van der Waals surface area (Å²) in [5, 5.41) is 2.87. The molecular formula is C19H18FN3O2S. The Morgan fingerprint density at radius 1 is 1.27 bits per heavy atom. The van der Waals surface area contributed by atoms with Crippen LogP contribution in [0.3, 0.4) is 0 Å². The first kappa shape index (κ1) is 17.9. The molecule has 134 valence electrons.